The molecule has 8 atom stereocenters. The molecular formula is C32H43NO6. The first-order chi connectivity index (χ1) is 18.6. The molecule has 7 aliphatic rings. The summed E-state index contributed by atoms with van der Waals surface area (Å²) in [4.78, 5) is 41.9. The van der Waals surface area contributed by atoms with E-state index in [1.54, 1.807) is 0 Å². The number of nitrogens with zero attached hydrogens (tertiary/aromatic N) is 1. The third-order valence-electron chi connectivity index (χ3n) is 11.7. The van der Waals surface area contributed by atoms with Crippen molar-refractivity contribution >= 4 is 17.9 Å². The van der Waals surface area contributed by atoms with E-state index in [0.29, 0.717) is 12.5 Å². The van der Waals surface area contributed by atoms with Gasteiger partial charge >= 0.3 is 17.9 Å². The third kappa shape index (κ3) is 4.03. The average Bonchev–Trinajstić information content (AvgIpc) is 3.24. The molecule has 7 heteroatoms. The fourth-order valence-corrected chi connectivity index (χ4v) is 9.99. The van der Waals surface area contributed by atoms with Crippen molar-refractivity contribution in [1.29, 1.82) is 0 Å². The van der Waals surface area contributed by atoms with Crippen molar-refractivity contribution in [1.82, 2.24) is 4.90 Å². The molecule has 0 amide bonds. The first-order valence-electron chi connectivity index (χ1n) is 15.0. The van der Waals surface area contributed by atoms with Crippen LogP contribution >= 0.6 is 0 Å². The van der Waals surface area contributed by atoms with E-state index in [0.717, 1.165) is 64.8 Å². The van der Waals surface area contributed by atoms with E-state index < -0.39 is 5.41 Å². The Morgan fingerprint density at radius 2 is 1.87 bits per heavy atom. The molecule has 0 aromatic carbocycles. The molecule has 0 unspecified atom stereocenters. The van der Waals surface area contributed by atoms with Gasteiger partial charge in [0, 0.05) is 18.5 Å². The van der Waals surface area contributed by atoms with E-state index in [9.17, 15) is 14.4 Å². The highest BCUT2D eigenvalue weighted by Gasteiger charge is 2.73. The topological polar surface area (TPSA) is 82.1 Å². The number of esters is 3. The van der Waals surface area contributed by atoms with Gasteiger partial charge in [-0.25, -0.2) is 0 Å². The normalized spacial score (nSPS) is 43.0. The molecule has 212 valence electrons. The Kier molecular flexibility index (Phi) is 6.74. The number of allylic oxidation sites excluding steroid dienone is 2. The Balaban J connectivity index is 1.23. The van der Waals surface area contributed by atoms with Crippen molar-refractivity contribution in [3.63, 3.8) is 0 Å². The summed E-state index contributed by atoms with van der Waals surface area (Å²) >= 11 is 0. The second kappa shape index (κ2) is 9.73. The maximum absolute atomic E-state index is 13.7. The minimum absolute atomic E-state index is 0.0540. The molecule has 2 aliphatic heterocycles. The molecule has 0 aromatic rings. The lowest BCUT2D eigenvalue weighted by Crippen LogP contribution is -2.65. The van der Waals surface area contributed by atoms with E-state index in [-0.39, 0.29) is 64.9 Å². The zero-order chi connectivity index (χ0) is 27.6. The molecule has 7 nitrogen and oxygen atoms in total. The summed E-state index contributed by atoms with van der Waals surface area (Å²) in [6, 6.07) is 0. The van der Waals surface area contributed by atoms with Crippen LogP contribution in [0.1, 0.15) is 66.2 Å². The average molecular weight is 538 g/mol. The lowest BCUT2D eigenvalue weighted by molar-refractivity contribution is -0.197. The number of carbonyl (C=O) groups is 3. The van der Waals surface area contributed by atoms with Gasteiger partial charge in [0.1, 0.15) is 0 Å². The molecule has 3 saturated carbocycles. The number of ether oxygens (including phenoxy) is 3. The number of hydrogen-bond acceptors (Lipinski definition) is 7. The van der Waals surface area contributed by atoms with Gasteiger partial charge < -0.3 is 14.2 Å². The standard InChI is InChI=1S/C32H43NO6/c1-20(2)22-19-32-11-8-23-30(3,24(32)18-21(22)25-26(32)28(35)39-27(25)34)9-7-10-31(23,4)29(36)38-15-6-5-12-33-13-16-37-17-14-33/h19-21,23-26H,7-18H2,1-4H3/t21-,23+,24+,25+,26-,30-,31+,32-/m0/s1. The molecule has 7 rings (SSSR count). The molecule has 0 aromatic heterocycles. The Bertz CT molecular complexity index is 1140. The monoisotopic (exact) mass is 537 g/mol. The molecular weight excluding hydrogens is 494 g/mol. The highest BCUT2D eigenvalue weighted by molar-refractivity contribution is 5.98. The van der Waals surface area contributed by atoms with Gasteiger partial charge in [-0.2, -0.15) is 0 Å². The van der Waals surface area contributed by atoms with Crippen LogP contribution in [0.25, 0.3) is 0 Å². The summed E-state index contributed by atoms with van der Waals surface area (Å²) in [7, 11) is 0. The van der Waals surface area contributed by atoms with Gasteiger partial charge in [-0.15, -0.1) is 0 Å². The van der Waals surface area contributed by atoms with Gasteiger partial charge in [0.2, 0.25) is 0 Å². The Hall–Kier alpha value is -2.17. The van der Waals surface area contributed by atoms with Crippen LogP contribution in [0.15, 0.2) is 11.6 Å². The van der Waals surface area contributed by atoms with Gasteiger partial charge in [0.15, 0.2) is 6.61 Å². The molecule has 39 heavy (non-hydrogen) atoms. The van der Waals surface area contributed by atoms with Crippen molar-refractivity contribution in [3.05, 3.63) is 11.6 Å². The number of carbonyl (C=O) groups excluding carboxylic acids is 3. The summed E-state index contributed by atoms with van der Waals surface area (Å²) in [5, 5.41) is 0. The molecule has 2 bridgehead atoms. The highest BCUT2D eigenvalue weighted by atomic mass is 16.6. The number of fused-ring (bicyclic) bond motifs is 1. The Morgan fingerprint density at radius 1 is 1.10 bits per heavy atom. The summed E-state index contributed by atoms with van der Waals surface area (Å²) in [5.41, 5.74) is 0.281. The minimum Gasteiger partial charge on any atom is -0.452 e. The maximum Gasteiger partial charge on any atom is 0.318 e. The summed E-state index contributed by atoms with van der Waals surface area (Å²) in [6.07, 6.45) is 7.77. The van der Waals surface area contributed by atoms with Crippen LogP contribution in [-0.2, 0) is 28.6 Å². The predicted molar refractivity (Wildman–Crippen MR) is 144 cm³/mol. The van der Waals surface area contributed by atoms with Gasteiger partial charge in [-0.3, -0.25) is 19.3 Å². The summed E-state index contributed by atoms with van der Waals surface area (Å²) in [5.74, 6) is 5.51. The number of hydrogen-bond donors (Lipinski definition) is 0. The van der Waals surface area contributed by atoms with Gasteiger partial charge in [-0.05, 0) is 68.1 Å². The molecule has 0 radical (unpaired) electrons. The van der Waals surface area contributed by atoms with Crippen LogP contribution in [-0.4, -0.2) is 62.3 Å². The van der Waals surface area contributed by atoms with Crippen molar-refractivity contribution in [2.24, 2.45) is 51.8 Å². The van der Waals surface area contributed by atoms with Crippen LogP contribution in [0.2, 0.25) is 0 Å². The fraction of sp³-hybridized carbons (Fsp3) is 0.781. The van der Waals surface area contributed by atoms with Gasteiger partial charge in [0.05, 0.1) is 37.0 Å². The molecule has 1 spiro atoms. The lowest BCUT2D eigenvalue weighted by Gasteiger charge is -2.68. The largest absolute Gasteiger partial charge is 0.452 e. The van der Waals surface area contributed by atoms with Crippen LogP contribution in [0, 0.1) is 63.6 Å². The first kappa shape index (κ1) is 27.0. The van der Waals surface area contributed by atoms with E-state index in [1.807, 2.05) is 0 Å². The number of cyclic esters (lactones) is 2. The summed E-state index contributed by atoms with van der Waals surface area (Å²) in [6.45, 7) is 12.9. The summed E-state index contributed by atoms with van der Waals surface area (Å²) < 4.78 is 16.5. The second-order valence-corrected chi connectivity index (χ2v) is 13.7. The van der Waals surface area contributed by atoms with E-state index in [2.05, 4.69) is 50.5 Å². The van der Waals surface area contributed by atoms with Crippen LogP contribution in [0.5, 0.6) is 0 Å². The van der Waals surface area contributed by atoms with Gasteiger partial charge in [0.25, 0.3) is 0 Å². The second-order valence-electron chi connectivity index (χ2n) is 13.7. The smallest absolute Gasteiger partial charge is 0.318 e. The molecule has 5 fully saturated rings. The fourth-order valence-electron chi connectivity index (χ4n) is 9.99. The molecule has 5 aliphatic carbocycles. The number of rotatable bonds is 4. The lowest BCUT2D eigenvalue weighted by atomic mass is 9.34. The van der Waals surface area contributed by atoms with Crippen molar-refractivity contribution < 1.29 is 28.6 Å². The quantitative estimate of drug-likeness (QED) is 0.232. The molecule has 0 N–H and O–H groups in total. The predicted octanol–water partition coefficient (Wildman–Crippen LogP) is 4.01. The minimum atomic E-state index is -0.576. The van der Waals surface area contributed by atoms with Crippen molar-refractivity contribution in [3.8, 4) is 11.8 Å². The van der Waals surface area contributed by atoms with E-state index >= 15 is 0 Å². The SMILES string of the molecule is CC(C)C1=C[C@@]23CC[C@@H]4[C@](C)(CCC[C@@]4(C)C(=O)OCC#CCN4CCOCC4)[C@H]2C[C@@H]1[C@H]1C(=O)OC(=O)[C@H]13. The van der Waals surface area contributed by atoms with Crippen molar-refractivity contribution in [2.75, 3.05) is 39.5 Å². The van der Waals surface area contributed by atoms with Crippen molar-refractivity contribution in [2.45, 2.75) is 66.2 Å². The highest BCUT2D eigenvalue weighted by Crippen LogP contribution is 2.74. The van der Waals surface area contributed by atoms with Crippen LogP contribution in [0.4, 0.5) is 0 Å². The number of morpholine rings is 1. The van der Waals surface area contributed by atoms with Crippen LogP contribution < -0.4 is 0 Å². The molecule has 2 heterocycles. The zero-order valence-electron chi connectivity index (χ0n) is 23.9. The Labute approximate surface area is 232 Å². The van der Waals surface area contributed by atoms with E-state index in [4.69, 9.17) is 14.2 Å². The first-order valence-corrected chi connectivity index (χ1v) is 15.0. The maximum atomic E-state index is 13.7. The van der Waals surface area contributed by atoms with E-state index in [1.165, 1.54) is 5.57 Å². The Morgan fingerprint density at radius 3 is 2.62 bits per heavy atom. The molecule has 2 saturated heterocycles. The van der Waals surface area contributed by atoms with Gasteiger partial charge in [-0.1, -0.05) is 50.7 Å². The third-order valence-corrected chi connectivity index (χ3v) is 11.7. The van der Waals surface area contributed by atoms with Crippen LogP contribution in [0.3, 0.4) is 0 Å². The zero-order valence-corrected chi connectivity index (χ0v) is 23.9.